The molecular formula is C16H21NO2. The third kappa shape index (κ3) is 4.07. The summed E-state index contributed by atoms with van der Waals surface area (Å²) in [6.45, 7) is 2.05. The van der Waals surface area contributed by atoms with Crippen molar-refractivity contribution in [1.29, 1.82) is 0 Å². The minimum atomic E-state index is -0.108. The number of piperidine rings is 1. The highest BCUT2D eigenvalue weighted by molar-refractivity contribution is 5.37. The lowest BCUT2D eigenvalue weighted by molar-refractivity contribution is 0.0841. The van der Waals surface area contributed by atoms with Crippen molar-refractivity contribution in [2.75, 3.05) is 19.8 Å². The lowest BCUT2D eigenvalue weighted by atomic mass is 10.0. The summed E-state index contributed by atoms with van der Waals surface area (Å²) < 4.78 is 0. The predicted molar refractivity (Wildman–Crippen MR) is 75.5 cm³/mol. The molecule has 0 amide bonds. The van der Waals surface area contributed by atoms with Gasteiger partial charge in [-0.3, -0.25) is 4.90 Å². The third-order valence-electron chi connectivity index (χ3n) is 3.58. The molecule has 1 aliphatic heterocycles. The van der Waals surface area contributed by atoms with Crippen LogP contribution in [0, 0.1) is 11.8 Å². The fourth-order valence-electron chi connectivity index (χ4n) is 2.60. The van der Waals surface area contributed by atoms with E-state index in [-0.39, 0.29) is 13.2 Å². The molecule has 0 spiro atoms. The summed E-state index contributed by atoms with van der Waals surface area (Å²) in [4.78, 5) is 2.35. The van der Waals surface area contributed by atoms with Gasteiger partial charge in [0.2, 0.25) is 0 Å². The van der Waals surface area contributed by atoms with Crippen LogP contribution >= 0.6 is 0 Å². The fourth-order valence-corrected chi connectivity index (χ4v) is 2.60. The quantitative estimate of drug-likeness (QED) is 0.806. The molecule has 102 valence electrons. The van der Waals surface area contributed by atoms with Crippen LogP contribution in [0.5, 0.6) is 0 Å². The van der Waals surface area contributed by atoms with Gasteiger partial charge in [-0.2, -0.15) is 0 Å². The van der Waals surface area contributed by atoms with Crippen LogP contribution in [-0.4, -0.2) is 40.9 Å². The number of likely N-dealkylation sites (tertiary alicyclic amines) is 1. The molecule has 3 nitrogen and oxygen atoms in total. The molecular weight excluding hydrogens is 238 g/mol. The zero-order valence-electron chi connectivity index (χ0n) is 11.2. The number of aliphatic hydroxyl groups is 2. The second-order valence-corrected chi connectivity index (χ2v) is 4.96. The number of aliphatic hydroxyl groups excluding tert-OH is 2. The molecule has 0 radical (unpaired) electrons. The molecule has 2 rings (SSSR count). The third-order valence-corrected chi connectivity index (χ3v) is 3.58. The summed E-state index contributed by atoms with van der Waals surface area (Å²) in [6, 6.07) is 8.39. The normalized spacial score (nSPS) is 19.8. The van der Waals surface area contributed by atoms with Gasteiger partial charge in [0.05, 0.1) is 6.61 Å². The van der Waals surface area contributed by atoms with Crippen molar-refractivity contribution >= 4 is 0 Å². The van der Waals surface area contributed by atoms with Crippen LogP contribution in [0.15, 0.2) is 24.3 Å². The largest absolute Gasteiger partial charge is 0.395 e. The van der Waals surface area contributed by atoms with Gasteiger partial charge in [-0.05, 0) is 37.1 Å². The van der Waals surface area contributed by atoms with Gasteiger partial charge in [-0.15, -0.1) is 0 Å². The number of nitrogens with zero attached hydrogens (tertiary/aromatic N) is 1. The van der Waals surface area contributed by atoms with Gasteiger partial charge in [0.1, 0.15) is 6.61 Å². The Morgan fingerprint density at radius 2 is 2.16 bits per heavy atom. The molecule has 0 aromatic heterocycles. The Bertz CT molecular complexity index is 461. The van der Waals surface area contributed by atoms with Crippen LogP contribution in [0.2, 0.25) is 0 Å². The van der Waals surface area contributed by atoms with Crippen molar-refractivity contribution < 1.29 is 10.2 Å². The van der Waals surface area contributed by atoms with Crippen LogP contribution in [0.1, 0.15) is 30.4 Å². The van der Waals surface area contributed by atoms with E-state index in [0.29, 0.717) is 6.04 Å². The predicted octanol–water partition coefficient (Wildman–Crippen LogP) is 1.38. The summed E-state index contributed by atoms with van der Waals surface area (Å²) in [5, 5.41) is 18.1. The molecule has 2 N–H and O–H groups in total. The Kier molecular flexibility index (Phi) is 5.41. The van der Waals surface area contributed by atoms with Crippen molar-refractivity contribution in [2.24, 2.45) is 0 Å². The van der Waals surface area contributed by atoms with Gasteiger partial charge in [0.15, 0.2) is 0 Å². The molecule has 0 aliphatic carbocycles. The van der Waals surface area contributed by atoms with Gasteiger partial charge < -0.3 is 10.2 Å². The van der Waals surface area contributed by atoms with E-state index >= 15 is 0 Å². The van der Waals surface area contributed by atoms with E-state index in [9.17, 15) is 5.11 Å². The molecule has 1 aromatic rings. The van der Waals surface area contributed by atoms with Crippen molar-refractivity contribution in [3.63, 3.8) is 0 Å². The molecule has 1 saturated heterocycles. The zero-order chi connectivity index (χ0) is 13.5. The lowest BCUT2D eigenvalue weighted by Crippen LogP contribution is -2.41. The average Bonchev–Trinajstić information content (AvgIpc) is 2.46. The maximum absolute atomic E-state index is 9.42. The zero-order valence-corrected chi connectivity index (χ0v) is 11.2. The summed E-state index contributed by atoms with van der Waals surface area (Å²) in [6.07, 6.45) is 3.50. The van der Waals surface area contributed by atoms with E-state index in [2.05, 4.69) is 28.9 Å². The molecule has 3 heteroatoms. The molecule has 1 atom stereocenters. The fraction of sp³-hybridized carbons (Fsp3) is 0.500. The Morgan fingerprint density at radius 3 is 2.95 bits per heavy atom. The molecule has 1 unspecified atom stereocenters. The standard InChI is InChI=1S/C16H21NO2/c18-10-4-7-14-5-3-6-15(11-14)12-17-9-2-1-8-16(17)13-19/h3,5-6,11,16,18-19H,1-2,8-10,12-13H2. The average molecular weight is 259 g/mol. The van der Waals surface area contributed by atoms with E-state index in [1.807, 2.05) is 12.1 Å². The van der Waals surface area contributed by atoms with Crippen LogP contribution in [0.4, 0.5) is 0 Å². The molecule has 1 fully saturated rings. The lowest BCUT2D eigenvalue weighted by Gasteiger charge is -2.34. The van der Waals surface area contributed by atoms with Crippen molar-refractivity contribution in [3.8, 4) is 11.8 Å². The van der Waals surface area contributed by atoms with Gasteiger partial charge in [-0.1, -0.05) is 30.4 Å². The second-order valence-electron chi connectivity index (χ2n) is 4.96. The van der Waals surface area contributed by atoms with Crippen LogP contribution < -0.4 is 0 Å². The summed E-state index contributed by atoms with van der Waals surface area (Å²) in [5.41, 5.74) is 2.15. The molecule has 1 heterocycles. The number of hydrogen-bond acceptors (Lipinski definition) is 3. The SMILES string of the molecule is OCC#Cc1cccc(CN2CCCCC2CO)c1. The van der Waals surface area contributed by atoms with Crippen molar-refractivity contribution in [1.82, 2.24) is 4.90 Å². The number of benzene rings is 1. The first-order valence-electron chi connectivity index (χ1n) is 6.87. The first-order chi connectivity index (χ1) is 9.33. The first kappa shape index (κ1) is 14.1. The number of hydrogen-bond donors (Lipinski definition) is 2. The summed E-state index contributed by atoms with van der Waals surface area (Å²) >= 11 is 0. The van der Waals surface area contributed by atoms with E-state index in [4.69, 9.17) is 5.11 Å². The molecule has 19 heavy (non-hydrogen) atoms. The Morgan fingerprint density at radius 1 is 1.26 bits per heavy atom. The van der Waals surface area contributed by atoms with E-state index < -0.39 is 0 Å². The molecule has 0 bridgehead atoms. The summed E-state index contributed by atoms with van der Waals surface area (Å²) in [7, 11) is 0. The Labute approximate surface area is 114 Å². The van der Waals surface area contributed by atoms with Crippen LogP contribution in [0.25, 0.3) is 0 Å². The van der Waals surface area contributed by atoms with Crippen LogP contribution in [-0.2, 0) is 6.54 Å². The summed E-state index contributed by atoms with van der Waals surface area (Å²) in [5.74, 6) is 5.60. The molecule has 0 saturated carbocycles. The maximum Gasteiger partial charge on any atom is 0.104 e. The molecule has 1 aliphatic rings. The van der Waals surface area contributed by atoms with E-state index in [0.717, 1.165) is 25.1 Å². The monoisotopic (exact) mass is 259 g/mol. The van der Waals surface area contributed by atoms with Crippen LogP contribution in [0.3, 0.4) is 0 Å². The minimum Gasteiger partial charge on any atom is -0.395 e. The highest BCUT2D eigenvalue weighted by atomic mass is 16.3. The number of rotatable bonds is 3. The van der Waals surface area contributed by atoms with Gasteiger partial charge in [-0.25, -0.2) is 0 Å². The van der Waals surface area contributed by atoms with Crippen molar-refractivity contribution in [2.45, 2.75) is 31.8 Å². The highest BCUT2D eigenvalue weighted by Crippen LogP contribution is 2.19. The maximum atomic E-state index is 9.42. The van der Waals surface area contributed by atoms with Gasteiger partial charge in [0.25, 0.3) is 0 Å². The smallest absolute Gasteiger partial charge is 0.104 e. The van der Waals surface area contributed by atoms with E-state index in [1.165, 1.54) is 18.4 Å². The van der Waals surface area contributed by atoms with E-state index in [1.54, 1.807) is 0 Å². The molecule has 1 aromatic carbocycles. The Balaban J connectivity index is 2.05. The van der Waals surface area contributed by atoms with Gasteiger partial charge >= 0.3 is 0 Å². The first-order valence-corrected chi connectivity index (χ1v) is 6.87. The topological polar surface area (TPSA) is 43.7 Å². The van der Waals surface area contributed by atoms with Gasteiger partial charge in [0, 0.05) is 18.2 Å². The second kappa shape index (κ2) is 7.30. The van der Waals surface area contributed by atoms with Crippen molar-refractivity contribution in [3.05, 3.63) is 35.4 Å². The highest BCUT2D eigenvalue weighted by Gasteiger charge is 2.21. The minimum absolute atomic E-state index is 0.108. The Hall–Kier alpha value is -1.34.